The highest BCUT2D eigenvalue weighted by atomic mass is 19.2. The molecule has 12 heteroatoms. The normalized spacial score (nSPS) is 11.7. The number of benzene rings is 3. The number of hydrogen-bond donors (Lipinski definition) is 3. The van der Waals surface area contributed by atoms with Gasteiger partial charge >= 0.3 is 13.4 Å². The van der Waals surface area contributed by atoms with Gasteiger partial charge in [0.05, 0.1) is 57.7 Å². The zero-order chi connectivity index (χ0) is 45.6. The predicted molar refractivity (Wildman–Crippen MR) is 263 cm³/mol. The second-order valence-electron chi connectivity index (χ2n) is 16.6. The van der Waals surface area contributed by atoms with Gasteiger partial charge in [0.15, 0.2) is 0 Å². The van der Waals surface area contributed by atoms with Crippen LogP contribution in [0.5, 0.6) is 11.5 Å². The van der Waals surface area contributed by atoms with Crippen LogP contribution in [-0.4, -0.2) is 51.1 Å². The quantitative estimate of drug-likeness (QED) is 0.0619. The van der Waals surface area contributed by atoms with E-state index in [4.69, 9.17) is 18.9 Å². The number of carbonyl (C=O) groups is 1. The Labute approximate surface area is 382 Å². The van der Waals surface area contributed by atoms with E-state index < -0.39 is 13.4 Å². The molecule has 0 fully saturated rings. The second-order valence-corrected chi connectivity index (χ2v) is 16.6. The fourth-order valence-electron chi connectivity index (χ4n) is 8.66. The minimum atomic E-state index is -2.94. The van der Waals surface area contributed by atoms with E-state index in [-0.39, 0.29) is 16.6 Å². The van der Waals surface area contributed by atoms with Gasteiger partial charge in [-0.05, 0) is 127 Å². The molecule has 0 aliphatic carbocycles. The Balaban J connectivity index is 1.29. The van der Waals surface area contributed by atoms with E-state index in [1.807, 2.05) is 84.9 Å². The highest BCUT2D eigenvalue weighted by Gasteiger charge is 2.25. The summed E-state index contributed by atoms with van der Waals surface area (Å²) in [5.41, 5.74) is 9.60. The van der Waals surface area contributed by atoms with Crippen molar-refractivity contribution in [1.29, 1.82) is 0 Å². The molecule has 66 heavy (non-hydrogen) atoms. The van der Waals surface area contributed by atoms with Crippen LogP contribution in [0.4, 0.5) is 8.63 Å². The maximum Gasteiger partial charge on any atom is 0.678 e. The fourth-order valence-corrected chi connectivity index (χ4v) is 8.66. The summed E-state index contributed by atoms with van der Waals surface area (Å²) < 4.78 is 51.3. The number of nitrogens with one attached hydrogen (secondary N) is 2. The second kappa shape index (κ2) is 19.8. The van der Waals surface area contributed by atoms with Gasteiger partial charge in [-0.15, -0.1) is 0 Å². The maximum atomic E-state index is 15.6. The summed E-state index contributed by atoms with van der Waals surface area (Å²) >= 11 is 0. The summed E-state index contributed by atoms with van der Waals surface area (Å²) in [6.07, 6.45) is 12.5. The van der Waals surface area contributed by atoms with E-state index >= 15 is 8.63 Å². The van der Waals surface area contributed by atoms with Crippen LogP contribution in [0.3, 0.4) is 0 Å². The lowest BCUT2D eigenvalue weighted by Crippen LogP contribution is -2.13. The first-order valence-electron chi connectivity index (χ1n) is 22.8. The minimum Gasteiger partial charge on any atom is -0.494 e. The zero-order valence-corrected chi connectivity index (χ0v) is 37.1. The number of hydrogen-bond acceptors (Lipinski definition) is 5. The number of aromatic amines is 2. The van der Waals surface area contributed by atoms with Crippen LogP contribution in [-0.2, 0) is 0 Å². The third-order valence-corrected chi connectivity index (χ3v) is 12.1. The average Bonchev–Trinajstić information content (AvgIpc) is 4.19. The van der Waals surface area contributed by atoms with Crippen LogP contribution >= 0.6 is 0 Å². The Morgan fingerprint density at radius 2 is 1.06 bits per heavy atom. The number of unbranched alkanes of at least 4 members (excludes halogenated alkanes) is 6. The van der Waals surface area contributed by atoms with Crippen molar-refractivity contribution in [3.63, 3.8) is 0 Å². The molecular weight excluding hydrogens is 833 g/mol. The van der Waals surface area contributed by atoms with Crippen LogP contribution in [0.25, 0.3) is 89.8 Å². The molecule has 6 heterocycles. The standard InChI is InChI=1S/C54H51BF2N4O5/c1-3-5-7-9-33-64-39-19-15-36(16-20-39)52-45-27-24-42(59-45)41-23-26-44(58-41)51(35-11-13-38(14-12-35)54(62)63)48-30-29-47(61(48)55(56)57)43-25-28-46(60-43)53(50-32-31-49(52)66-50)37-17-21-40(22-18-37)65-34-10-8-6-4-2/h11-32,59-60H,3-10,33-34H2,1-2H3,(H,62,63). The molecular formula is C54H51BF2N4O5. The van der Waals surface area contributed by atoms with Crippen LogP contribution in [0.2, 0.25) is 0 Å². The van der Waals surface area contributed by atoms with Gasteiger partial charge < -0.3 is 33.4 Å². The lowest BCUT2D eigenvalue weighted by molar-refractivity contribution is 0.0697. The molecule has 0 unspecified atom stereocenters. The topological polar surface area (TPSA) is 118 Å². The monoisotopic (exact) mass is 884 g/mol. The molecule has 1 aliphatic heterocycles. The van der Waals surface area contributed by atoms with Crippen molar-refractivity contribution in [2.75, 3.05) is 13.2 Å². The van der Waals surface area contributed by atoms with Crippen LogP contribution in [0, 0.1) is 0 Å². The number of carboxylic acid groups (broad SMARTS) is 1. The molecule has 5 aromatic heterocycles. The van der Waals surface area contributed by atoms with E-state index in [2.05, 4.69) is 23.8 Å². The minimum absolute atomic E-state index is 0.0786. The van der Waals surface area contributed by atoms with Crippen molar-refractivity contribution in [2.45, 2.75) is 65.2 Å². The number of fused-ring (bicyclic) bond motifs is 12. The smallest absolute Gasteiger partial charge is 0.494 e. The highest BCUT2D eigenvalue weighted by Crippen LogP contribution is 2.38. The Kier molecular flexibility index (Phi) is 13.2. The van der Waals surface area contributed by atoms with E-state index in [1.54, 1.807) is 36.4 Å². The van der Waals surface area contributed by atoms with Crippen molar-refractivity contribution in [3.05, 3.63) is 138 Å². The molecule has 0 saturated carbocycles. The van der Waals surface area contributed by atoms with Gasteiger partial charge in [0.1, 0.15) is 22.7 Å². The summed E-state index contributed by atoms with van der Waals surface area (Å²) in [5, 5.41) is 9.69. The van der Waals surface area contributed by atoms with E-state index in [0.29, 0.717) is 63.4 Å². The summed E-state index contributed by atoms with van der Waals surface area (Å²) in [7, 11) is -2.94. The summed E-state index contributed by atoms with van der Waals surface area (Å²) in [6, 6.07) is 37.0. The molecule has 0 atom stereocenters. The van der Waals surface area contributed by atoms with Crippen molar-refractivity contribution in [3.8, 4) is 44.9 Å². The molecule has 3 aromatic carbocycles. The van der Waals surface area contributed by atoms with Crippen LogP contribution in [0.15, 0.2) is 126 Å². The number of nitrogens with zero attached hydrogens (tertiary/aromatic N) is 2. The lowest BCUT2D eigenvalue weighted by atomic mass is 10.0. The van der Waals surface area contributed by atoms with Gasteiger partial charge in [0.2, 0.25) is 0 Å². The number of halogens is 2. The Morgan fingerprint density at radius 1 is 0.576 bits per heavy atom. The molecule has 334 valence electrons. The van der Waals surface area contributed by atoms with Gasteiger partial charge in [-0.2, -0.15) is 0 Å². The number of aromatic nitrogens is 4. The van der Waals surface area contributed by atoms with Gasteiger partial charge in [0, 0.05) is 22.2 Å². The number of carboxylic acids is 1. The Bertz CT molecular complexity index is 3180. The van der Waals surface area contributed by atoms with Crippen LogP contribution < -0.4 is 9.47 Å². The molecule has 8 aromatic rings. The molecule has 0 spiro atoms. The maximum absolute atomic E-state index is 15.6. The van der Waals surface area contributed by atoms with Crippen molar-refractivity contribution in [1.82, 2.24) is 19.4 Å². The van der Waals surface area contributed by atoms with Gasteiger partial charge in [-0.3, -0.25) is 8.63 Å². The number of aromatic carboxylic acids is 1. The Hall–Kier alpha value is -7.34. The van der Waals surface area contributed by atoms with E-state index in [1.165, 1.54) is 25.0 Å². The van der Waals surface area contributed by atoms with Crippen molar-refractivity contribution in [2.24, 2.45) is 0 Å². The molecule has 0 amide bonds. The molecule has 9 rings (SSSR count). The first-order chi connectivity index (χ1) is 32.3. The molecule has 0 saturated heterocycles. The zero-order valence-electron chi connectivity index (χ0n) is 37.1. The Morgan fingerprint density at radius 3 is 1.61 bits per heavy atom. The molecule has 3 N–H and O–H groups in total. The number of rotatable bonds is 17. The van der Waals surface area contributed by atoms with Crippen LogP contribution in [0.1, 0.15) is 87.0 Å². The molecule has 1 aliphatic rings. The fraction of sp³-hybridized carbons (Fsp3) is 0.222. The largest absolute Gasteiger partial charge is 0.678 e. The molecule has 0 radical (unpaired) electrons. The molecule has 10 bridgehead atoms. The van der Waals surface area contributed by atoms with Crippen molar-refractivity contribution < 1.29 is 32.4 Å². The van der Waals surface area contributed by atoms with E-state index in [0.717, 1.165) is 82.3 Å². The summed E-state index contributed by atoms with van der Waals surface area (Å²) in [4.78, 5) is 23.9. The first-order valence-corrected chi connectivity index (χ1v) is 22.8. The predicted octanol–water partition coefficient (Wildman–Crippen LogP) is 14.9. The van der Waals surface area contributed by atoms with E-state index in [9.17, 15) is 9.90 Å². The number of furan rings is 1. The van der Waals surface area contributed by atoms with Crippen molar-refractivity contribution >= 4 is 69.8 Å². The molecule has 9 nitrogen and oxygen atoms in total. The lowest BCUT2D eigenvalue weighted by Gasteiger charge is -2.09. The third-order valence-electron chi connectivity index (χ3n) is 12.1. The van der Waals surface area contributed by atoms with Gasteiger partial charge in [-0.25, -0.2) is 9.78 Å². The SMILES string of the molecule is CCCCCCOc1ccc(-c2c3ccc([nH]3)c3nc(c(-c4ccc(C(=O)O)cc4)c4ccc(c5ccc([nH]5)c(-c5ccc(OCCCCCC)cc5)c5ccc2o5)n4B(F)F)C=C3)cc1. The third kappa shape index (κ3) is 9.26. The summed E-state index contributed by atoms with van der Waals surface area (Å²) in [5.74, 6) is 0.459. The van der Waals surface area contributed by atoms with Gasteiger partial charge in [-0.1, -0.05) is 88.8 Å². The number of ether oxygens (including phenoxy) is 2. The van der Waals surface area contributed by atoms with Gasteiger partial charge in [0.25, 0.3) is 0 Å². The number of H-pyrrole nitrogens is 2. The summed E-state index contributed by atoms with van der Waals surface area (Å²) in [6.45, 7) is 5.66. The average molecular weight is 885 g/mol. The highest BCUT2D eigenvalue weighted by molar-refractivity contribution is 6.44. The first kappa shape index (κ1) is 43.9.